The SMILES string of the molecule is Cc1cn2cc(-c3cc(C#N)c(=O)[nH]c3C)ccc2n1. The van der Waals surface area contributed by atoms with E-state index in [0.717, 1.165) is 28.2 Å². The fourth-order valence-corrected chi connectivity index (χ4v) is 2.28. The molecule has 0 aliphatic carbocycles. The molecule has 0 saturated carbocycles. The number of aryl methyl sites for hydroxylation is 2. The summed E-state index contributed by atoms with van der Waals surface area (Å²) in [5, 5.41) is 8.97. The first-order valence-electron chi connectivity index (χ1n) is 6.18. The van der Waals surface area contributed by atoms with Gasteiger partial charge in [0, 0.05) is 29.2 Å². The number of hydrogen-bond donors (Lipinski definition) is 1. The van der Waals surface area contributed by atoms with Crippen molar-refractivity contribution < 1.29 is 0 Å². The van der Waals surface area contributed by atoms with Gasteiger partial charge in [-0.25, -0.2) is 4.98 Å². The van der Waals surface area contributed by atoms with Crippen LogP contribution >= 0.6 is 0 Å². The van der Waals surface area contributed by atoms with Gasteiger partial charge in [-0.2, -0.15) is 5.26 Å². The molecule has 0 amide bonds. The summed E-state index contributed by atoms with van der Waals surface area (Å²) in [5.41, 5.74) is 4.09. The third-order valence-electron chi connectivity index (χ3n) is 3.24. The first-order chi connectivity index (χ1) is 9.58. The maximum absolute atomic E-state index is 11.6. The van der Waals surface area contributed by atoms with Crippen molar-refractivity contribution in [1.82, 2.24) is 14.4 Å². The molecule has 3 aromatic rings. The molecule has 0 fully saturated rings. The summed E-state index contributed by atoms with van der Waals surface area (Å²) < 4.78 is 1.93. The molecule has 5 heteroatoms. The van der Waals surface area contributed by atoms with Gasteiger partial charge in [0.2, 0.25) is 0 Å². The van der Waals surface area contributed by atoms with E-state index >= 15 is 0 Å². The molecule has 3 rings (SSSR count). The quantitative estimate of drug-likeness (QED) is 0.732. The number of imidazole rings is 1. The largest absolute Gasteiger partial charge is 0.325 e. The molecule has 0 atom stereocenters. The summed E-state index contributed by atoms with van der Waals surface area (Å²) in [6, 6.07) is 7.38. The number of fused-ring (bicyclic) bond motifs is 1. The summed E-state index contributed by atoms with van der Waals surface area (Å²) in [6.07, 6.45) is 3.88. The lowest BCUT2D eigenvalue weighted by Gasteiger charge is -2.07. The Kier molecular flexibility index (Phi) is 2.65. The first kappa shape index (κ1) is 12.2. The monoisotopic (exact) mass is 264 g/mol. The highest BCUT2D eigenvalue weighted by Gasteiger charge is 2.08. The van der Waals surface area contributed by atoms with E-state index < -0.39 is 0 Å². The number of pyridine rings is 2. The van der Waals surface area contributed by atoms with Crippen LogP contribution in [0.1, 0.15) is 17.0 Å². The Morgan fingerprint density at radius 2 is 2.10 bits per heavy atom. The van der Waals surface area contributed by atoms with Crippen LogP contribution in [0.4, 0.5) is 0 Å². The molecule has 3 heterocycles. The van der Waals surface area contributed by atoms with E-state index in [1.165, 1.54) is 0 Å². The zero-order valence-electron chi connectivity index (χ0n) is 11.1. The van der Waals surface area contributed by atoms with Crippen LogP contribution in [0, 0.1) is 25.2 Å². The molecule has 0 radical (unpaired) electrons. The van der Waals surface area contributed by atoms with Gasteiger partial charge in [-0.3, -0.25) is 4.79 Å². The van der Waals surface area contributed by atoms with Crippen LogP contribution in [0.25, 0.3) is 16.8 Å². The predicted molar refractivity (Wildman–Crippen MR) is 75.4 cm³/mol. The molecular weight excluding hydrogens is 252 g/mol. The van der Waals surface area contributed by atoms with Crippen LogP contribution in [0.15, 0.2) is 35.4 Å². The van der Waals surface area contributed by atoms with Crippen molar-refractivity contribution >= 4 is 5.65 Å². The molecule has 0 aromatic carbocycles. The van der Waals surface area contributed by atoms with Crippen molar-refractivity contribution in [2.24, 2.45) is 0 Å². The Labute approximate surface area is 115 Å². The van der Waals surface area contributed by atoms with E-state index in [9.17, 15) is 4.79 Å². The molecule has 0 spiro atoms. The summed E-state index contributed by atoms with van der Waals surface area (Å²) in [6.45, 7) is 3.76. The molecule has 0 aliphatic heterocycles. The van der Waals surface area contributed by atoms with E-state index in [0.29, 0.717) is 0 Å². The van der Waals surface area contributed by atoms with E-state index in [-0.39, 0.29) is 11.1 Å². The lowest BCUT2D eigenvalue weighted by atomic mass is 10.0. The number of nitrogens with one attached hydrogen (secondary N) is 1. The standard InChI is InChI=1S/C15H12N4O/c1-9-7-19-8-11(3-4-14(19)17-9)13-5-12(6-16)15(20)18-10(13)2/h3-5,7-8H,1-2H3,(H,18,20). The number of H-pyrrole nitrogens is 1. The zero-order chi connectivity index (χ0) is 14.3. The average molecular weight is 264 g/mol. The predicted octanol–water partition coefficient (Wildman–Crippen LogP) is 2.18. The molecule has 3 aromatic heterocycles. The average Bonchev–Trinajstić information content (AvgIpc) is 2.78. The molecule has 0 saturated heterocycles. The van der Waals surface area contributed by atoms with Gasteiger partial charge >= 0.3 is 0 Å². The van der Waals surface area contributed by atoms with Crippen LogP contribution in [-0.4, -0.2) is 14.4 Å². The summed E-state index contributed by atoms with van der Waals surface area (Å²) in [5.74, 6) is 0. The number of aromatic nitrogens is 3. The minimum atomic E-state index is -0.353. The Bertz CT molecular complexity index is 912. The molecular formula is C15H12N4O. The van der Waals surface area contributed by atoms with Crippen molar-refractivity contribution in [2.75, 3.05) is 0 Å². The van der Waals surface area contributed by atoms with Crippen molar-refractivity contribution in [3.8, 4) is 17.2 Å². The molecule has 5 nitrogen and oxygen atoms in total. The number of nitrogens with zero attached hydrogens (tertiary/aromatic N) is 3. The highest BCUT2D eigenvalue weighted by atomic mass is 16.1. The van der Waals surface area contributed by atoms with Crippen LogP contribution in [0.2, 0.25) is 0 Å². The molecule has 1 N–H and O–H groups in total. The third-order valence-corrected chi connectivity index (χ3v) is 3.24. The van der Waals surface area contributed by atoms with Crippen molar-refractivity contribution in [3.63, 3.8) is 0 Å². The van der Waals surface area contributed by atoms with Crippen molar-refractivity contribution in [1.29, 1.82) is 5.26 Å². The summed E-state index contributed by atoms with van der Waals surface area (Å²) >= 11 is 0. The topological polar surface area (TPSA) is 73.9 Å². The maximum atomic E-state index is 11.6. The van der Waals surface area contributed by atoms with Crippen LogP contribution in [0.5, 0.6) is 0 Å². The highest BCUT2D eigenvalue weighted by molar-refractivity contribution is 5.68. The van der Waals surface area contributed by atoms with Crippen molar-refractivity contribution in [3.05, 3.63) is 57.9 Å². The lowest BCUT2D eigenvalue weighted by Crippen LogP contribution is -2.12. The Morgan fingerprint density at radius 3 is 2.85 bits per heavy atom. The fourth-order valence-electron chi connectivity index (χ4n) is 2.28. The second-order valence-corrected chi connectivity index (χ2v) is 4.73. The Balaban J connectivity index is 2.25. The fraction of sp³-hybridized carbons (Fsp3) is 0.133. The van der Waals surface area contributed by atoms with Gasteiger partial charge in [0.15, 0.2) is 0 Å². The number of nitriles is 1. The Hall–Kier alpha value is -2.87. The smallest absolute Gasteiger partial charge is 0.266 e. The van der Waals surface area contributed by atoms with Gasteiger partial charge in [0.25, 0.3) is 5.56 Å². The normalized spacial score (nSPS) is 10.7. The van der Waals surface area contributed by atoms with E-state index in [2.05, 4.69) is 9.97 Å². The third kappa shape index (κ3) is 1.88. The molecule has 20 heavy (non-hydrogen) atoms. The first-order valence-corrected chi connectivity index (χ1v) is 6.18. The minimum Gasteiger partial charge on any atom is -0.325 e. The molecule has 0 aliphatic rings. The maximum Gasteiger partial charge on any atom is 0.266 e. The summed E-state index contributed by atoms with van der Waals surface area (Å²) in [7, 11) is 0. The van der Waals surface area contributed by atoms with E-state index in [1.807, 2.05) is 48.8 Å². The van der Waals surface area contributed by atoms with Gasteiger partial charge in [0.1, 0.15) is 17.3 Å². The van der Waals surface area contributed by atoms with Crippen LogP contribution < -0.4 is 5.56 Å². The van der Waals surface area contributed by atoms with Gasteiger partial charge in [-0.05, 0) is 32.0 Å². The minimum absolute atomic E-state index is 0.118. The number of rotatable bonds is 1. The molecule has 98 valence electrons. The number of hydrogen-bond acceptors (Lipinski definition) is 3. The Morgan fingerprint density at radius 1 is 1.30 bits per heavy atom. The van der Waals surface area contributed by atoms with Crippen molar-refractivity contribution in [2.45, 2.75) is 13.8 Å². The van der Waals surface area contributed by atoms with E-state index in [1.54, 1.807) is 6.07 Å². The molecule has 0 bridgehead atoms. The molecule has 0 unspecified atom stereocenters. The van der Waals surface area contributed by atoms with E-state index in [4.69, 9.17) is 5.26 Å². The van der Waals surface area contributed by atoms with Gasteiger partial charge in [-0.15, -0.1) is 0 Å². The lowest BCUT2D eigenvalue weighted by molar-refractivity contribution is 1.12. The van der Waals surface area contributed by atoms with Gasteiger partial charge in [-0.1, -0.05) is 0 Å². The second-order valence-electron chi connectivity index (χ2n) is 4.73. The van der Waals surface area contributed by atoms with Gasteiger partial charge < -0.3 is 9.38 Å². The second kappa shape index (κ2) is 4.35. The van der Waals surface area contributed by atoms with Crippen LogP contribution in [0.3, 0.4) is 0 Å². The van der Waals surface area contributed by atoms with Gasteiger partial charge in [0.05, 0.1) is 5.69 Å². The summed E-state index contributed by atoms with van der Waals surface area (Å²) in [4.78, 5) is 18.7. The van der Waals surface area contributed by atoms with Crippen LogP contribution in [-0.2, 0) is 0 Å². The highest BCUT2D eigenvalue weighted by Crippen LogP contribution is 2.22. The number of aromatic amines is 1. The zero-order valence-corrected chi connectivity index (χ0v) is 11.1.